The van der Waals surface area contributed by atoms with Crippen molar-refractivity contribution >= 4 is 52.0 Å². The lowest BCUT2D eigenvalue weighted by molar-refractivity contribution is -0.140. The molecule has 3 aromatic carbocycles. The maximum absolute atomic E-state index is 12.9. The lowest BCUT2D eigenvalue weighted by Gasteiger charge is -2.57. The van der Waals surface area contributed by atoms with Crippen LogP contribution in [0.1, 0.15) is 74.5 Å². The van der Waals surface area contributed by atoms with Crippen molar-refractivity contribution in [3.63, 3.8) is 0 Å². The van der Waals surface area contributed by atoms with Crippen molar-refractivity contribution in [1.29, 1.82) is 0 Å². The Labute approximate surface area is 396 Å². The number of imide groups is 1. The highest BCUT2D eigenvalue weighted by atomic mass is 16.5. The number of fused-ring (bicyclic) bond motifs is 1. The molecule has 6 aliphatic rings. The van der Waals surface area contributed by atoms with Crippen LogP contribution in [0.3, 0.4) is 0 Å². The number of rotatable bonds is 14. The summed E-state index contributed by atoms with van der Waals surface area (Å²) in [4.78, 5) is 73.0. The lowest BCUT2D eigenvalue weighted by Crippen LogP contribution is -2.60. The van der Waals surface area contributed by atoms with Gasteiger partial charge in [0.05, 0.1) is 18.7 Å². The molecule has 3 N–H and O–H groups in total. The number of ether oxygens (including phenoxy) is 1. The Balaban J connectivity index is 0.574. The van der Waals surface area contributed by atoms with Gasteiger partial charge in [0.1, 0.15) is 12.1 Å². The first-order valence-corrected chi connectivity index (χ1v) is 24.6. The molecular weight excluding hydrogens is 859 g/mol. The Kier molecular flexibility index (Phi) is 12.3. The molecule has 1 atom stereocenters. The molecule has 2 aliphatic carbocycles. The smallest absolute Gasteiger partial charge is 0.260 e. The van der Waals surface area contributed by atoms with Crippen molar-refractivity contribution in [1.82, 2.24) is 44.9 Å². The number of hydrogen-bond donors (Lipinski definition) is 3. The predicted molar refractivity (Wildman–Crippen MR) is 257 cm³/mol. The van der Waals surface area contributed by atoms with Gasteiger partial charge in [-0.1, -0.05) is 42.5 Å². The molecule has 5 aromatic rings. The Morgan fingerprint density at radius 2 is 1.62 bits per heavy atom. The van der Waals surface area contributed by atoms with Crippen LogP contribution in [0.2, 0.25) is 0 Å². The number of anilines is 3. The van der Waals surface area contributed by atoms with Crippen molar-refractivity contribution in [2.75, 3.05) is 75.7 Å². The molecule has 0 unspecified atom stereocenters. The number of piperidine rings is 2. The maximum atomic E-state index is 12.9. The molecule has 354 valence electrons. The second-order valence-corrected chi connectivity index (χ2v) is 20.2. The average molecular weight is 920 g/mol. The second kappa shape index (κ2) is 18.9. The van der Waals surface area contributed by atoms with Gasteiger partial charge in [0.25, 0.3) is 5.91 Å². The van der Waals surface area contributed by atoms with E-state index in [1.165, 1.54) is 31.4 Å². The number of amides is 4. The molecule has 1 spiro atoms. The molecule has 16 heteroatoms. The van der Waals surface area contributed by atoms with E-state index in [2.05, 4.69) is 69.5 Å². The SMILES string of the molecule is O=C1CC[C@@H](c2cccc(OCC(=O)N3CC(CN4CCC5(CC4)CC(N4CCN(c6ccc(Nc7ncnc8c7ncn8C7CC(NC(=O)Cc8ccccc8)C7)cc6)CC4)C5)C3)c2)C(=O)N1. The third kappa shape index (κ3) is 9.53. The zero-order valence-corrected chi connectivity index (χ0v) is 38.6. The summed E-state index contributed by atoms with van der Waals surface area (Å²) in [6.07, 6.45) is 11.5. The lowest BCUT2D eigenvalue weighted by atomic mass is 9.60. The summed E-state index contributed by atoms with van der Waals surface area (Å²) in [5, 5.41) is 9.08. The summed E-state index contributed by atoms with van der Waals surface area (Å²) < 4.78 is 7.97. The topological polar surface area (TPSA) is 170 Å². The van der Waals surface area contributed by atoms with Crippen LogP contribution in [0.4, 0.5) is 17.2 Å². The number of hydrogen-bond acceptors (Lipinski definition) is 12. The number of nitrogens with one attached hydrogen (secondary N) is 3. The van der Waals surface area contributed by atoms with Crippen LogP contribution in [0.15, 0.2) is 91.5 Å². The van der Waals surface area contributed by atoms with Crippen molar-refractivity contribution in [2.45, 2.75) is 81.8 Å². The van der Waals surface area contributed by atoms with Crippen molar-refractivity contribution in [3.05, 3.63) is 103 Å². The van der Waals surface area contributed by atoms with Crippen LogP contribution in [0.5, 0.6) is 5.75 Å². The third-order valence-electron chi connectivity index (χ3n) is 15.7. The minimum Gasteiger partial charge on any atom is -0.484 e. The van der Waals surface area contributed by atoms with E-state index in [-0.39, 0.29) is 48.2 Å². The summed E-state index contributed by atoms with van der Waals surface area (Å²) in [7, 11) is 0. The van der Waals surface area contributed by atoms with E-state index in [0.29, 0.717) is 48.2 Å². The number of piperazine rings is 1. The fourth-order valence-corrected chi connectivity index (χ4v) is 11.6. The number of nitrogens with zero attached hydrogens (tertiary/aromatic N) is 8. The van der Waals surface area contributed by atoms with Crippen LogP contribution < -0.4 is 25.6 Å². The second-order valence-electron chi connectivity index (χ2n) is 20.2. The number of likely N-dealkylation sites (tertiary alicyclic amines) is 2. The minimum atomic E-state index is -0.381. The molecule has 6 fully saturated rings. The van der Waals surface area contributed by atoms with Gasteiger partial charge < -0.3 is 34.6 Å². The van der Waals surface area contributed by atoms with Gasteiger partial charge in [-0.15, -0.1) is 0 Å². The molecule has 4 amide bonds. The van der Waals surface area contributed by atoms with Crippen LogP contribution in [0.25, 0.3) is 11.2 Å². The monoisotopic (exact) mass is 919 g/mol. The number of carbonyl (C=O) groups excluding carboxylic acids is 4. The summed E-state index contributed by atoms with van der Waals surface area (Å²) >= 11 is 0. The van der Waals surface area contributed by atoms with E-state index in [0.717, 1.165) is 99.7 Å². The van der Waals surface area contributed by atoms with E-state index < -0.39 is 0 Å². The van der Waals surface area contributed by atoms with Crippen molar-refractivity contribution in [3.8, 4) is 5.75 Å². The quantitative estimate of drug-likeness (QED) is 0.127. The van der Waals surface area contributed by atoms with Gasteiger partial charge in [-0.3, -0.25) is 29.4 Å². The molecule has 2 aromatic heterocycles. The molecule has 68 heavy (non-hydrogen) atoms. The van der Waals surface area contributed by atoms with Crippen molar-refractivity contribution in [2.24, 2.45) is 11.3 Å². The number of benzene rings is 3. The summed E-state index contributed by atoms with van der Waals surface area (Å²) in [5.74, 6) is 0.903. The Morgan fingerprint density at radius 3 is 2.38 bits per heavy atom. The van der Waals surface area contributed by atoms with Gasteiger partial charge >= 0.3 is 0 Å². The zero-order valence-electron chi connectivity index (χ0n) is 38.6. The Bertz CT molecular complexity index is 2620. The van der Waals surface area contributed by atoms with Gasteiger partial charge in [-0.2, -0.15) is 0 Å². The molecule has 6 heterocycles. The number of imidazole rings is 1. The Hall–Kier alpha value is -6.39. The standard InChI is InChI=1S/C52H61N11O5/c64-45-14-13-44(51(67)58-45)37-7-4-8-43(24-37)68-32-47(66)62-30-36(31-62)29-59-17-15-52(16-18-59)27-42(28-52)61-21-19-60(20-22-61)40-11-9-38(10-12-40)57-49-48-50(54-33-53-49)63(34-55-48)41-25-39(26-41)56-46(65)23-35-5-2-1-3-6-35/h1-12,24,33-34,36,39,41-42,44H,13-23,25-32H2,(H,56,65)(H,53,54,57)(H,58,64,67)/t39?,41?,44-/m0/s1. The summed E-state index contributed by atoms with van der Waals surface area (Å²) in [6.45, 7) is 9.10. The normalized spacial score (nSPS) is 23.4. The van der Waals surface area contributed by atoms with Crippen molar-refractivity contribution < 1.29 is 23.9 Å². The van der Waals surface area contributed by atoms with Gasteiger partial charge in [0.2, 0.25) is 17.7 Å². The van der Waals surface area contributed by atoms with Gasteiger partial charge in [0, 0.05) is 87.7 Å². The molecule has 2 saturated carbocycles. The highest BCUT2D eigenvalue weighted by Gasteiger charge is 2.48. The molecule has 16 nitrogen and oxygen atoms in total. The van der Waals surface area contributed by atoms with Crippen LogP contribution >= 0.6 is 0 Å². The number of aromatic nitrogens is 4. The van der Waals surface area contributed by atoms with E-state index >= 15 is 0 Å². The molecule has 11 rings (SSSR count). The van der Waals surface area contributed by atoms with E-state index in [1.807, 2.05) is 59.8 Å². The van der Waals surface area contributed by atoms with Crippen LogP contribution in [-0.4, -0.2) is 135 Å². The Morgan fingerprint density at radius 1 is 0.838 bits per heavy atom. The van der Waals surface area contributed by atoms with Crippen LogP contribution in [0, 0.1) is 11.3 Å². The van der Waals surface area contributed by atoms with E-state index in [4.69, 9.17) is 9.72 Å². The third-order valence-corrected chi connectivity index (χ3v) is 15.7. The molecule has 4 aliphatic heterocycles. The van der Waals surface area contributed by atoms with E-state index in [1.54, 1.807) is 12.4 Å². The zero-order chi connectivity index (χ0) is 46.2. The molecule has 4 saturated heterocycles. The predicted octanol–water partition coefficient (Wildman–Crippen LogP) is 5.06. The molecular formula is C52H61N11O5. The van der Waals surface area contributed by atoms with Crippen LogP contribution in [-0.2, 0) is 25.6 Å². The molecule has 0 bridgehead atoms. The fourth-order valence-electron chi connectivity index (χ4n) is 11.6. The van der Waals surface area contributed by atoms with Gasteiger partial charge in [0.15, 0.2) is 23.6 Å². The van der Waals surface area contributed by atoms with E-state index in [9.17, 15) is 19.2 Å². The minimum absolute atomic E-state index is 0.00781. The first-order valence-electron chi connectivity index (χ1n) is 24.6. The highest BCUT2D eigenvalue weighted by Crippen LogP contribution is 2.51. The maximum Gasteiger partial charge on any atom is 0.260 e. The first-order chi connectivity index (χ1) is 33.2. The number of carbonyl (C=O) groups is 4. The molecule has 0 radical (unpaired) electrons. The largest absolute Gasteiger partial charge is 0.484 e. The fraction of sp³-hybridized carbons (Fsp3) is 0.481. The first kappa shape index (κ1) is 44.1. The van der Waals surface area contributed by atoms with Gasteiger partial charge in [-0.05, 0) is 111 Å². The van der Waals surface area contributed by atoms with Gasteiger partial charge in [-0.25, -0.2) is 15.0 Å². The average Bonchev–Trinajstić information content (AvgIpc) is 3.75. The summed E-state index contributed by atoms with van der Waals surface area (Å²) in [5.41, 5.74) is 6.04. The summed E-state index contributed by atoms with van der Waals surface area (Å²) in [6, 6.07) is 26.9. The highest BCUT2D eigenvalue weighted by molar-refractivity contribution is 6.01.